The molecule has 1 aliphatic rings. The summed E-state index contributed by atoms with van der Waals surface area (Å²) in [5, 5.41) is 2.94. The van der Waals surface area contributed by atoms with E-state index in [0.717, 1.165) is 34.5 Å². The fourth-order valence-electron chi connectivity index (χ4n) is 2.80. The van der Waals surface area contributed by atoms with Gasteiger partial charge in [0, 0.05) is 29.4 Å². The van der Waals surface area contributed by atoms with Gasteiger partial charge < -0.3 is 10.2 Å². The summed E-state index contributed by atoms with van der Waals surface area (Å²) in [6.45, 7) is 4.08. The minimum Gasteiger partial charge on any atom is -0.370 e. The summed E-state index contributed by atoms with van der Waals surface area (Å²) < 4.78 is 1.03. The first kappa shape index (κ1) is 16.0. The minimum absolute atomic E-state index is 0.127. The number of nitrogens with zero attached hydrogens (tertiary/aromatic N) is 2. The summed E-state index contributed by atoms with van der Waals surface area (Å²) in [5.74, 6) is -0.127. The summed E-state index contributed by atoms with van der Waals surface area (Å²) in [6, 6.07) is 7.70. The van der Waals surface area contributed by atoms with E-state index in [1.54, 1.807) is 6.20 Å². The first-order valence-electron chi connectivity index (χ1n) is 7.91. The average Bonchev–Trinajstić information content (AvgIpc) is 2.59. The van der Waals surface area contributed by atoms with Gasteiger partial charge in [-0.25, -0.2) is 0 Å². The Morgan fingerprint density at radius 3 is 2.70 bits per heavy atom. The number of benzene rings is 1. The Balaban J connectivity index is 1.75. The number of carbonyl (C=O) groups is 1. The highest BCUT2D eigenvalue weighted by molar-refractivity contribution is 9.10. The zero-order valence-corrected chi connectivity index (χ0v) is 14.8. The lowest BCUT2D eigenvalue weighted by Crippen LogP contribution is -2.29. The van der Waals surface area contributed by atoms with Crippen LogP contribution < -0.4 is 10.2 Å². The van der Waals surface area contributed by atoms with Crippen LogP contribution in [0.15, 0.2) is 41.1 Å². The van der Waals surface area contributed by atoms with Crippen LogP contribution in [-0.4, -0.2) is 24.0 Å². The largest absolute Gasteiger partial charge is 0.370 e. The molecule has 0 saturated carbocycles. The molecule has 0 atom stereocenters. The maximum Gasteiger partial charge on any atom is 0.257 e. The van der Waals surface area contributed by atoms with Crippen molar-refractivity contribution in [1.82, 2.24) is 4.98 Å². The van der Waals surface area contributed by atoms with Gasteiger partial charge in [-0.05, 0) is 56.0 Å². The van der Waals surface area contributed by atoms with Crippen LogP contribution in [0.1, 0.15) is 35.2 Å². The lowest BCUT2D eigenvalue weighted by Gasteiger charge is -2.28. The topological polar surface area (TPSA) is 45.2 Å². The fraction of sp³-hybridized carbons (Fsp3) is 0.333. The number of hydrogen-bond donors (Lipinski definition) is 1. The predicted molar refractivity (Wildman–Crippen MR) is 97.1 cm³/mol. The van der Waals surface area contributed by atoms with Crippen LogP contribution in [0.25, 0.3) is 0 Å². The van der Waals surface area contributed by atoms with Gasteiger partial charge in [0.15, 0.2) is 0 Å². The van der Waals surface area contributed by atoms with Gasteiger partial charge in [-0.2, -0.15) is 0 Å². The van der Waals surface area contributed by atoms with E-state index in [4.69, 9.17) is 0 Å². The molecule has 1 N–H and O–H groups in total. The molecular weight excluding hydrogens is 354 g/mol. The molecule has 120 valence electrons. The Kier molecular flexibility index (Phi) is 4.96. The van der Waals surface area contributed by atoms with Gasteiger partial charge in [0.2, 0.25) is 0 Å². The summed E-state index contributed by atoms with van der Waals surface area (Å²) in [5.41, 5.74) is 3.50. The Morgan fingerprint density at radius 1 is 1.17 bits per heavy atom. The van der Waals surface area contributed by atoms with E-state index in [1.807, 2.05) is 37.4 Å². The van der Waals surface area contributed by atoms with Crippen LogP contribution in [0.5, 0.6) is 0 Å². The number of pyridine rings is 1. The monoisotopic (exact) mass is 373 g/mol. The number of rotatable bonds is 3. The zero-order valence-electron chi connectivity index (χ0n) is 13.2. The molecule has 1 fully saturated rings. The van der Waals surface area contributed by atoms with Crippen molar-refractivity contribution in [2.45, 2.75) is 26.2 Å². The van der Waals surface area contributed by atoms with Gasteiger partial charge >= 0.3 is 0 Å². The normalized spacial score (nSPS) is 14.6. The van der Waals surface area contributed by atoms with E-state index < -0.39 is 0 Å². The van der Waals surface area contributed by atoms with E-state index in [0.29, 0.717) is 5.56 Å². The summed E-state index contributed by atoms with van der Waals surface area (Å²) in [7, 11) is 0. The molecule has 1 aromatic carbocycles. The molecule has 2 aromatic rings. The molecule has 0 radical (unpaired) electrons. The molecule has 1 aromatic heterocycles. The maximum absolute atomic E-state index is 12.5. The molecule has 4 nitrogen and oxygen atoms in total. The highest BCUT2D eigenvalue weighted by Crippen LogP contribution is 2.22. The molecule has 1 saturated heterocycles. The number of anilines is 2. The maximum atomic E-state index is 12.5. The molecule has 23 heavy (non-hydrogen) atoms. The van der Waals surface area contributed by atoms with Crippen molar-refractivity contribution in [1.29, 1.82) is 0 Å². The number of nitrogens with one attached hydrogen (secondary N) is 1. The van der Waals surface area contributed by atoms with Crippen LogP contribution in [0.2, 0.25) is 0 Å². The molecule has 1 aliphatic heterocycles. The quantitative estimate of drug-likeness (QED) is 0.867. The molecule has 0 spiro atoms. The van der Waals surface area contributed by atoms with Crippen molar-refractivity contribution in [3.8, 4) is 0 Å². The van der Waals surface area contributed by atoms with Crippen molar-refractivity contribution >= 4 is 33.2 Å². The van der Waals surface area contributed by atoms with Gasteiger partial charge in [-0.1, -0.05) is 15.9 Å². The molecule has 5 heteroatoms. The van der Waals surface area contributed by atoms with Gasteiger partial charge in [-0.15, -0.1) is 0 Å². The zero-order chi connectivity index (χ0) is 16.2. The van der Waals surface area contributed by atoms with Gasteiger partial charge in [0.05, 0.1) is 17.4 Å². The highest BCUT2D eigenvalue weighted by atomic mass is 79.9. The average molecular weight is 374 g/mol. The summed E-state index contributed by atoms with van der Waals surface area (Å²) in [6.07, 6.45) is 7.15. The minimum atomic E-state index is -0.127. The van der Waals surface area contributed by atoms with E-state index >= 15 is 0 Å². The van der Waals surface area contributed by atoms with Crippen molar-refractivity contribution in [2.75, 3.05) is 23.3 Å². The van der Waals surface area contributed by atoms with E-state index in [-0.39, 0.29) is 5.91 Å². The first-order valence-corrected chi connectivity index (χ1v) is 8.70. The Hall–Kier alpha value is -1.88. The van der Waals surface area contributed by atoms with Crippen LogP contribution in [0.4, 0.5) is 11.4 Å². The van der Waals surface area contributed by atoms with Crippen LogP contribution >= 0.6 is 15.9 Å². The second-order valence-electron chi connectivity index (χ2n) is 5.90. The molecule has 0 unspecified atom stereocenters. The molecule has 2 heterocycles. The molecule has 0 aliphatic carbocycles. The van der Waals surface area contributed by atoms with Crippen molar-refractivity contribution in [3.63, 3.8) is 0 Å². The number of amides is 1. The van der Waals surface area contributed by atoms with E-state index in [1.165, 1.54) is 19.3 Å². The van der Waals surface area contributed by atoms with Crippen LogP contribution in [0.3, 0.4) is 0 Å². The molecular formula is C18H20BrN3O. The van der Waals surface area contributed by atoms with Crippen LogP contribution in [-0.2, 0) is 0 Å². The molecule has 1 amide bonds. The molecule has 0 bridgehead atoms. The first-order chi connectivity index (χ1) is 11.1. The standard InChI is InChI=1S/C18H20BrN3O/c1-13-9-15(5-6-17(13)19)21-18(23)14-10-16(12-20-11-14)22-7-3-2-4-8-22/h5-6,9-12H,2-4,7-8H2,1H3,(H,21,23). The smallest absolute Gasteiger partial charge is 0.257 e. The third-order valence-electron chi connectivity index (χ3n) is 4.12. The third-order valence-corrected chi connectivity index (χ3v) is 5.01. The van der Waals surface area contributed by atoms with E-state index in [2.05, 4.69) is 31.1 Å². The lowest BCUT2D eigenvalue weighted by atomic mass is 10.1. The Bertz CT molecular complexity index is 711. The van der Waals surface area contributed by atoms with Gasteiger partial charge in [-0.3, -0.25) is 9.78 Å². The Labute approximate surface area is 145 Å². The van der Waals surface area contributed by atoms with Gasteiger partial charge in [0.25, 0.3) is 5.91 Å². The fourth-order valence-corrected chi connectivity index (χ4v) is 3.05. The lowest BCUT2D eigenvalue weighted by molar-refractivity contribution is 0.102. The number of aryl methyl sites for hydroxylation is 1. The van der Waals surface area contributed by atoms with Crippen molar-refractivity contribution < 1.29 is 4.79 Å². The third kappa shape index (κ3) is 3.91. The summed E-state index contributed by atoms with van der Waals surface area (Å²) in [4.78, 5) is 19.0. The Morgan fingerprint density at radius 2 is 1.96 bits per heavy atom. The molecule has 3 rings (SSSR count). The summed E-state index contributed by atoms with van der Waals surface area (Å²) >= 11 is 3.47. The SMILES string of the molecule is Cc1cc(NC(=O)c2cncc(N3CCCCC3)c2)ccc1Br. The van der Waals surface area contributed by atoms with E-state index in [9.17, 15) is 4.79 Å². The second-order valence-corrected chi connectivity index (χ2v) is 6.75. The number of piperidine rings is 1. The highest BCUT2D eigenvalue weighted by Gasteiger charge is 2.14. The second kappa shape index (κ2) is 7.13. The number of carbonyl (C=O) groups excluding carboxylic acids is 1. The predicted octanol–water partition coefficient (Wildman–Crippen LogP) is 4.40. The van der Waals surface area contributed by atoms with Gasteiger partial charge in [0.1, 0.15) is 0 Å². The van der Waals surface area contributed by atoms with Crippen LogP contribution in [0, 0.1) is 6.92 Å². The van der Waals surface area contributed by atoms with Crippen molar-refractivity contribution in [2.24, 2.45) is 0 Å². The number of hydrogen-bond acceptors (Lipinski definition) is 3. The van der Waals surface area contributed by atoms with Crippen molar-refractivity contribution in [3.05, 3.63) is 52.3 Å². The number of halogens is 1. The number of aromatic nitrogens is 1.